The third kappa shape index (κ3) is 3.10. The standard InChI is InChI=1S/C13H21N3OS/c1-8-4-10(8)6-16(3)7-11-5-12(13(17)15-14)18-9(11)2/h5,8,10H,4,6-7,14H2,1-3H3,(H,15,17). The van der Waals surface area contributed by atoms with Gasteiger partial charge in [0, 0.05) is 18.0 Å². The number of amides is 1. The fraction of sp³-hybridized carbons (Fsp3) is 0.615. The summed E-state index contributed by atoms with van der Waals surface area (Å²) < 4.78 is 0. The molecule has 1 saturated carbocycles. The Balaban J connectivity index is 1.95. The number of carbonyl (C=O) groups excluding carboxylic acids is 1. The van der Waals surface area contributed by atoms with Crippen LogP contribution in [0.4, 0.5) is 0 Å². The number of hydrazine groups is 1. The molecule has 1 aliphatic rings. The Hall–Kier alpha value is -0.910. The van der Waals surface area contributed by atoms with Gasteiger partial charge in [-0.05, 0) is 43.9 Å². The molecular formula is C13H21N3OS. The zero-order chi connectivity index (χ0) is 13.3. The summed E-state index contributed by atoms with van der Waals surface area (Å²) in [6, 6.07) is 1.95. The first-order chi connectivity index (χ1) is 8.51. The van der Waals surface area contributed by atoms with Crippen LogP contribution >= 0.6 is 11.3 Å². The molecule has 100 valence electrons. The van der Waals surface area contributed by atoms with Crippen molar-refractivity contribution in [1.82, 2.24) is 10.3 Å². The third-order valence-electron chi connectivity index (χ3n) is 3.64. The molecule has 1 aromatic heterocycles. The van der Waals surface area contributed by atoms with E-state index >= 15 is 0 Å². The lowest BCUT2D eigenvalue weighted by Crippen LogP contribution is -2.29. The van der Waals surface area contributed by atoms with Gasteiger partial charge < -0.3 is 4.90 Å². The van der Waals surface area contributed by atoms with Crippen molar-refractivity contribution in [3.05, 3.63) is 21.4 Å². The van der Waals surface area contributed by atoms with E-state index in [0.717, 1.165) is 24.9 Å². The molecule has 0 saturated heterocycles. The molecule has 2 unspecified atom stereocenters. The summed E-state index contributed by atoms with van der Waals surface area (Å²) in [5, 5.41) is 0. The van der Waals surface area contributed by atoms with E-state index in [4.69, 9.17) is 5.84 Å². The van der Waals surface area contributed by atoms with Gasteiger partial charge >= 0.3 is 0 Å². The van der Waals surface area contributed by atoms with E-state index in [-0.39, 0.29) is 5.91 Å². The SMILES string of the molecule is Cc1sc(C(=O)NN)cc1CN(C)CC1CC1C. The van der Waals surface area contributed by atoms with Crippen LogP contribution in [0.5, 0.6) is 0 Å². The lowest BCUT2D eigenvalue weighted by atomic mass is 10.2. The average molecular weight is 267 g/mol. The molecule has 1 fully saturated rings. The van der Waals surface area contributed by atoms with Gasteiger partial charge in [-0.25, -0.2) is 5.84 Å². The van der Waals surface area contributed by atoms with E-state index in [1.54, 1.807) is 0 Å². The van der Waals surface area contributed by atoms with Crippen LogP contribution in [0.25, 0.3) is 0 Å². The van der Waals surface area contributed by atoms with Crippen LogP contribution in [0.15, 0.2) is 6.07 Å². The number of aryl methyl sites for hydroxylation is 1. The minimum atomic E-state index is -0.201. The van der Waals surface area contributed by atoms with Crippen molar-refractivity contribution in [1.29, 1.82) is 0 Å². The Bertz CT molecular complexity index is 443. The first kappa shape index (κ1) is 13.5. The second-order valence-electron chi connectivity index (χ2n) is 5.34. The summed E-state index contributed by atoms with van der Waals surface area (Å²) >= 11 is 1.51. The molecule has 0 spiro atoms. The van der Waals surface area contributed by atoms with Crippen LogP contribution in [-0.4, -0.2) is 24.4 Å². The molecule has 0 aliphatic heterocycles. The highest BCUT2D eigenvalue weighted by atomic mass is 32.1. The van der Waals surface area contributed by atoms with E-state index in [0.29, 0.717) is 4.88 Å². The number of carbonyl (C=O) groups is 1. The summed E-state index contributed by atoms with van der Waals surface area (Å²) in [5.74, 6) is 6.70. The molecule has 5 heteroatoms. The van der Waals surface area contributed by atoms with Crippen LogP contribution in [0.3, 0.4) is 0 Å². The van der Waals surface area contributed by atoms with Crippen molar-refractivity contribution < 1.29 is 4.79 Å². The van der Waals surface area contributed by atoms with Crippen LogP contribution in [-0.2, 0) is 6.54 Å². The molecule has 0 radical (unpaired) electrons. The lowest BCUT2D eigenvalue weighted by Gasteiger charge is -2.16. The van der Waals surface area contributed by atoms with Crippen LogP contribution in [0.2, 0.25) is 0 Å². The van der Waals surface area contributed by atoms with E-state index < -0.39 is 0 Å². The monoisotopic (exact) mass is 267 g/mol. The topological polar surface area (TPSA) is 58.4 Å². The van der Waals surface area contributed by atoms with Gasteiger partial charge in [0.1, 0.15) is 0 Å². The Kier molecular flexibility index (Phi) is 4.04. The third-order valence-corrected chi connectivity index (χ3v) is 4.73. The van der Waals surface area contributed by atoms with Crippen LogP contribution in [0, 0.1) is 18.8 Å². The van der Waals surface area contributed by atoms with Gasteiger partial charge in [-0.3, -0.25) is 10.2 Å². The first-order valence-electron chi connectivity index (χ1n) is 6.30. The Labute approximate surface area is 112 Å². The molecule has 4 nitrogen and oxygen atoms in total. The second-order valence-corrected chi connectivity index (χ2v) is 6.59. The number of hydrogen-bond acceptors (Lipinski definition) is 4. The molecule has 1 amide bonds. The predicted octanol–water partition coefficient (Wildman–Crippen LogP) is 1.75. The van der Waals surface area contributed by atoms with Crippen LogP contribution in [0.1, 0.15) is 33.5 Å². The number of thiophene rings is 1. The molecule has 1 aromatic rings. The normalized spacial score (nSPS) is 22.3. The lowest BCUT2D eigenvalue weighted by molar-refractivity contribution is 0.0957. The molecule has 2 atom stereocenters. The number of nitrogens with two attached hydrogens (primary N) is 1. The Morgan fingerprint density at radius 2 is 2.33 bits per heavy atom. The highest BCUT2D eigenvalue weighted by Crippen LogP contribution is 2.38. The summed E-state index contributed by atoms with van der Waals surface area (Å²) in [5.41, 5.74) is 3.41. The Morgan fingerprint density at radius 3 is 2.89 bits per heavy atom. The minimum absolute atomic E-state index is 0.201. The molecule has 2 rings (SSSR count). The molecule has 18 heavy (non-hydrogen) atoms. The number of nitrogens with zero attached hydrogens (tertiary/aromatic N) is 1. The predicted molar refractivity (Wildman–Crippen MR) is 74.3 cm³/mol. The highest BCUT2D eigenvalue weighted by molar-refractivity contribution is 7.14. The zero-order valence-corrected chi connectivity index (χ0v) is 12.0. The van der Waals surface area contributed by atoms with Gasteiger partial charge in [0.15, 0.2) is 0 Å². The van der Waals surface area contributed by atoms with E-state index in [9.17, 15) is 4.79 Å². The van der Waals surface area contributed by atoms with Gasteiger partial charge in [-0.15, -0.1) is 11.3 Å². The fourth-order valence-corrected chi connectivity index (χ4v) is 3.21. The number of rotatable bonds is 5. The summed E-state index contributed by atoms with van der Waals surface area (Å²) in [6.45, 7) is 6.41. The smallest absolute Gasteiger partial charge is 0.275 e. The van der Waals surface area contributed by atoms with Gasteiger partial charge in [0.05, 0.1) is 4.88 Å². The van der Waals surface area contributed by atoms with Gasteiger partial charge in [-0.2, -0.15) is 0 Å². The van der Waals surface area contributed by atoms with Gasteiger partial charge in [-0.1, -0.05) is 6.92 Å². The maximum absolute atomic E-state index is 11.5. The largest absolute Gasteiger partial charge is 0.302 e. The number of nitrogens with one attached hydrogen (secondary N) is 1. The molecule has 0 aromatic carbocycles. The molecule has 1 aliphatic carbocycles. The fourth-order valence-electron chi connectivity index (χ4n) is 2.27. The zero-order valence-electron chi connectivity index (χ0n) is 11.2. The van der Waals surface area contributed by atoms with Crippen molar-refractivity contribution in [2.24, 2.45) is 17.7 Å². The molecule has 1 heterocycles. The van der Waals surface area contributed by atoms with Crippen molar-refractivity contribution in [2.75, 3.05) is 13.6 Å². The van der Waals surface area contributed by atoms with Crippen LogP contribution < -0.4 is 11.3 Å². The van der Waals surface area contributed by atoms with E-state index in [1.807, 2.05) is 6.07 Å². The summed E-state index contributed by atoms with van der Waals surface area (Å²) in [4.78, 5) is 15.7. The van der Waals surface area contributed by atoms with Gasteiger partial charge in [0.25, 0.3) is 5.91 Å². The quantitative estimate of drug-likeness (QED) is 0.485. The summed E-state index contributed by atoms with van der Waals surface area (Å²) in [7, 11) is 2.14. The number of hydrogen-bond donors (Lipinski definition) is 2. The number of nitrogen functional groups attached to an aromatic ring is 1. The molecular weight excluding hydrogens is 246 g/mol. The van der Waals surface area contributed by atoms with Crippen molar-refractivity contribution in [2.45, 2.75) is 26.8 Å². The van der Waals surface area contributed by atoms with E-state index in [1.165, 1.54) is 28.2 Å². The van der Waals surface area contributed by atoms with Crippen molar-refractivity contribution in [3.8, 4) is 0 Å². The molecule has 3 N–H and O–H groups in total. The second kappa shape index (κ2) is 5.38. The van der Waals surface area contributed by atoms with Crippen molar-refractivity contribution >= 4 is 17.2 Å². The average Bonchev–Trinajstić information content (AvgIpc) is 2.88. The maximum Gasteiger partial charge on any atom is 0.275 e. The first-order valence-corrected chi connectivity index (χ1v) is 7.11. The highest BCUT2D eigenvalue weighted by Gasteiger charge is 2.33. The maximum atomic E-state index is 11.5. The van der Waals surface area contributed by atoms with Crippen molar-refractivity contribution in [3.63, 3.8) is 0 Å². The van der Waals surface area contributed by atoms with Gasteiger partial charge in [0.2, 0.25) is 0 Å². The minimum Gasteiger partial charge on any atom is -0.302 e. The summed E-state index contributed by atoms with van der Waals surface area (Å²) in [6.07, 6.45) is 1.35. The Morgan fingerprint density at radius 1 is 1.67 bits per heavy atom. The van der Waals surface area contributed by atoms with E-state index in [2.05, 4.69) is 31.2 Å². The molecule has 0 bridgehead atoms.